The summed E-state index contributed by atoms with van der Waals surface area (Å²) in [5.41, 5.74) is 7.69. The first kappa shape index (κ1) is 16.5. The van der Waals surface area contributed by atoms with Crippen LogP contribution in [0.1, 0.15) is 38.3 Å². The normalized spacial score (nSPS) is 11.2. The first-order chi connectivity index (χ1) is 9.38. The first-order valence-corrected chi connectivity index (χ1v) is 7.02. The van der Waals surface area contributed by atoms with Crippen LogP contribution in [0.15, 0.2) is 18.2 Å². The number of amides is 1. The van der Waals surface area contributed by atoms with Gasteiger partial charge in [-0.2, -0.15) is 0 Å². The minimum Gasteiger partial charge on any atom is -0.496 e. The highest BCUT2D eigenvalue weighted by atomic mass is 16.5. The van der Waals surface area contributed by atoms with Crippen LogP contribution in [0.4, 0.5) is 0 Å². The molecule has 4 heteroatoms. The fraction of sp³-hybridized carbons (Fsp3) is 0.562. The highest BCUT2D eigenvalue weighted by Crippen LogP contribution is 2.32. The van der Waals surface area contributed by atoms with E-state index in [4.69, 9.17) is 10.5 Å². The van der Waals surface area contributed by atoms with Gasteiger partial charge in [0.1, 0.15) is 5.75 Å². The van der Waals surface area contributed by atoms with Crippen LogP contribution in [0.3, 0.4) is 0 Å². The van der Waals surface area contributed by atoms with Gasteiger partial charge in [-0.05, 0) is 29.0 Å². The molecule has 0 aliphatic rings. The van der Waals surface area contributed by atoms with Crippen molar-refractivity contribution in [1.82, 2.24) is 5.32 Å². The van der Waals surface area contributed by atoms with Gasteiger partial charge in [-0.1, -0.05) is 32.9 Å². The van der Waals surface area contributed by atoms with E-state index in [1.807, 2.05) is 12.1 Å². The zero-order valence-electron chi connectivity index (χ0n) is 13.0. The van der Waals surface area contributed by atoms with Gasteiger partial charge in [-0.25, -0.2) is 0 Å². The van der Waals surface area contributed by atoms with E-state index in [0.29, 0.717) is 19.5 Å². The zero-order chi connectivity index (χ0) is 15.2. The van der Waals surface area contributed by atoms with Gasteiger partial charge < -0.3 is 15.8 Å². The molecule has 0 radical (unpaired) electrons. The van der Waals surface area contributed by atoms with Crippen molar-refractivity contribution in [3.8, 4) is 5.75 Å². The van der Waals surface area contributed by atoms with E-state index in [0.717, 1.165) is 17.7 Å². The van der Waals surface area contributed by atoms with Gasteiger partial charge >= 0.3 is 0 Å². The summed E-state index contributed by atoms with van der Waals surface area (Å²) in [5.74, 6) is 0.942. The van der Waals surface area contributed by atoms with Crippen molar-refractivity contribution >= 4 is 5.91 Å². The third-order valence-electron chi connectivity index (χ3n) is 3.18. The Kier molecular flexibility index (Phi) is 6.02. The minimum atomic E-state index is 0.0170. The van der Waals surface area contributed by atoms with Gasteiger partial charge in [0.2, 0.25) is 5.91 Å². The quantitative estimate of drug-likeness (QED) is 0.836. The summed E-state index contributed by atoms with van der Waals surface area (Å²) >= 11 is 0. The van der Waals surface area contributed by atoms with Crippen molar-refractivity contribution in [1.29, 1.82) is 0 Å². The average molecular weight is 278 g/mol. The zero-order valence-corrected chi connectivity index (χ0v) is 13.0. The van der Waals surface area contributed by atoms with Crippen molar-refractivity contribution in [2.75, 3.05) is 20.2 Å². The maximum Gasteiger partial charge on any atom is 0.220 e. The highest BCUT2D eigenvalue weighted by Gasteiger charge is 2.19. The Morgan fingerprint density at radius 3 is 2.60 bits per heavy atom. The molecule has 0 atom stereocenters. The van der Waals surface area contributed by atoms with Crippen molar-refractivity contribution in [3.63, 3.8) is 0 Å². The summed E-state index contributed by atoms with van der Waals surface area (Å²) in [6.45, 7) is 7.48. The number of methoxy groups -OCH3 is 1. The molecule has 0 saturated carbocycles. The molecule has 4 nitrogen and oxygen atoms in total. The number of ether oxygens (including phenoxy) is 1. The topological polar surface area (TPSA) is 64.3 Å². The molecule has 1 amide bonds. The van der Waals surface area contributed by atoms with Crippen molar-refractivity contribution < 1.29 is 9.53 Å². The summed E-state index contributed by atoms with van der Waals surface area (Å²) < 4.78 is 5.41. The van der Waals surface area contributed by atoms with Crippen LogP contribution < -0.4 is 15.8 Å². The van der Waals surface area contributed by atoms with E-state index < -0.39 is 0 Å². The molecule has 0 bridgehead atoms. The number of hydrogen-bond donors (Lipinski definition) is 2. The largest absolute Gasteiger partial charge is 0.496 e. The van der Waals surface area contributed by atoms with E-state index in [2.05, 4.69) is 32.2 Å². The molecule has 20 heavy (non-hydrogen) atoms. The lowest BCUT2D eigenvalue weighted by Crippen LogP contribution is -2.29. The average Bonchev–Trinajstić information content (AvgIpc) is 2.41. The van der Waals surface area contributed by atoms with Gasteiger partial charge in [0.15, 0.2) is 0 Å². The molecule has 1 aromatic carbocycles. The Labute approximate surface area is 121 Å². The molecular formula is C16H26N2O2. The van der Waals surface area contributed by atoms with Crippen LogP contribution in [0.25, 0.3) is 0 Å². The second-order valence-electron chi connectivity index (χ2n) is 5.92. The molecule has 0 aliphatic heterocycles. The third kappa shape index (κ3) is 4.85. The molecule has 0 aliphatic carbocycles. The summed E-state index contributed by atoms with van der Waals surface area (Å²) in [6, 6.07) is 6.13. The lowest BCUT2D eigenvalue weighted by atomic mass is 9.85. The molecule has 0 unspecified atom stereocenters. The smallest absolute Gasteiger partial charge is 0.220 e. The van der Waals surface area contributed by atoms with Crippen LogP contribution in [0.5, 0.6) is 5.75 Å². The summed E-state index contributed by atoms with van der Waals surface area (Å²) in [4.78, 5) is 11.6. The summed E-state index contributed by atoms with van der Waals surface area (Å²) in [7, 11) is 1.69. The molecule has 112 valence electrons. The van der Waals surface area contributed by atoms with E-state index in [1.165, 1.54) is 5.56 Å². The number of nitrogens with two attached hydrogens (primary N) is 1. The van der Waals surface area contributed by atoms with Crippen molar-refractivity contribution in [2.24, 2.45) is 5.73 Å². The number of rotatable bonds is 6. The van der Waals surface area contributed by atoms with Gasteiger partial charge in [-0.15, -0.1) is 0 Å². The maximum absolute atomic E-state index is 11.6. The highest BCUT2D eigenvalue weighted by molar-refractivity contribution is 5.76. The Balaban J connectivity index is 2.75. The van der Waals surface area contributed by atoms with Gasteiger partial charge in [0.05, 0.1) is 7.11 Å². The standard InChI is InChI=1S/C16H26N2O2/c1-16(2,3)13-11-12(5-7-14(13)20-4)6-8-15(19)18-10-9-17/h5,7,11H,6,8-10,17H2,1-4H3,(H,18,19). The lowest BCUT2D eigenvalue weighted by Gasteiger charge is -2.23. The van der Waals surface area contributed by atoms with E-state index in [9.17, 15) is 4.79 Å². The molecule has 0 aromatic heterocycles. The first-order valence-electron chi connectivity index (χ1n) is 7.02. The lowest BCUT2D eigenvalue weighted by molar-refractivity contribution is -0.120. The molecule has 3 N–H and O–H groups in total. The molecule has 0 heterocycles. The van der Waals surface area contributed by atoms with E-state index in [-0.39, 0.29) is 11.3 Å². The molecule has 1 aromatic rings. The molecule has 0 spiro atoms. The SMILES string of the molecule is COc1ccc(CCC(=O)NCCN)cc1C(C)(C)C. The molecular weight excluding hydrogens is 252 g/mol. The number of carbonyl (C=O) groups excluding carboxylic acids is 1. The van der Waals surface area contributed by atoms with Crippen molar-refractivity contribution in [2.45, 2.75) is 39.0 Å². The van der Waals surface area contributed by atoms with Gasteiger partial charge in [-0.3, -0.25) is 4.79 Å². The second kappa shape index (κ2) is 7.29. The van der Waals surface area contributed by atoms with Gasteiger partial charge in [0.25, 0.3) is 0 Å². The van der Waals surface area contributed by atoms with Gasteiger partial charge in [0, 0.05) is 19.5 Å². The Morgan fingerprint density at radius 2 is 2.05 bits per heavy atom. The fourth-order valence-corrected chi connectivity index (χ4v) is 2.05. The number of nitrogens with one attached hydrogen (secondary N) is 1. The Bertz CT molecular complexity index is 450. The van der Waals surface area contributed by atoms with E-state index >= 15 is 0 Å². The molecule has 1 rings (SSSR count). The van der Waals surface area contributed by atoms with E-state index in [1.54, 1.807) is 7.11 Å². The van der Waals surface area contributed by atoms with Crippen LogP contribution in [-0.2, 0) is 16.6 Å². The minimum absolute atomic E-state index is 0.0170. The number of hydrogen-bond acceptors (Lipinski definition) is 3. The number of aryl methyl sites for hydroxylation is 1. The predicted molar refractivity (Wildman–Crippen MR) is 82.1 cm³/mol. The second-order valence-corrected chi connectivity index (χ2v) is 5.92. The number of carbonyl (C=O) groups is 1. The Morgan fingerprint density at radius 1 is 1.35 bits per heavy atom. The molecule has 0 fully saturated rings. The van der Waals surface area contributed by atoms with Crippen molar-refractivity contribution in [3.05, 3.63) is 29.3 Å². The van der Waals surface area contributed by atoms with Crippen LogP contribution >= 0.6 is 0 Å². The van der Waals surface area contributed by atoms with Crippen LogP contribution in [-0.4, -0.2) is 26.1 Å². The third-order valence-corrected chi connectivity index (χ3v) is 3.18. The predicted octanol–water partition coefficient (Wildman–Crippen LogP) is 2.00. The fourth-order valence-electron chi connectivity index (χ4n) is 2.05. The summed E-state index contributed by atoms with van der Waals surface area (Å²) in [6.07, 6.45) is 1.21. The van der Waals surface area contributed by atoms with Crippen LogP contribution in [0, 0.1) is 0 Å². The maximum atomic E-state index is 11.6. The summed E-state index contributed by atoms with van der Waals surface area (Å²) in [5, 5.41) is 2.78. The van der Waals surface area contributed by atoms with Crippen LogP contribution in [0.2, 0.25) is 0 Å². The molecule has 0 saturated heterocycles. The monoisotopic (exact) mass is 278 g/mol. The Hall–Kier alpha value is -1.55. The number of benzene rings is 1.